The van der Waals surface area contributed by atoms with E-state index in [2.05, 4.69) is 17.2 Å². The Morgan fingerprint density at radius 1 is 0.885 bits per heavy atom. The normalized spacial score (nSPS) is 11.3. The van der Waals surface area contributed by atoms with Crippen LogP contribution in [0, 0.1) is 0 Å². The van der Waals surface area contributed by atoms with Crippen molar-refractivity contribution in [2.24, 2.45) is 10.2 Å². The summed E-state index contributed by atoms with van der Waals surface area (Å²) in [7, 11) is -4.44. The molecule has 0 heterocycles. The molecule has 0 saturated heterocycles. The van der Waals surface area contributed by atoms with E-state index >= 15 is 0 Å². The number of benzene rings is 2. The molecular formula is C18H21N2NaO4S. The average Bonchev–Trinajstić information content (AvgIpc) is 2.60. The zero-order valence-electron chi connectivity index (χ0n) is 15.1. The minimum absolute atomic E-state index is 0. The second-order valence-electron chi connectivity index (χ2n) is 5.55. The molecule has 2 rings (SSSR count). The van der Waals surface area contributed by atoms with Crippen LogP contribution in [-0.4, -0.2) is 19.6 Å². The van der Waals surface area contributed by atoms with E-state index < -0.39 is 10.1 Å². The summed E-state index contributed by atoms with van der Waals surface area (Å²) >= 11 is 0. The van der Waals surface area contributed by atoms with Gasteiger partial charge in [0.25, 0.3) is 0 Å². The summed E-state index contributed by atoms with van der Waals surface area (Å²) in [6.45, 7) is 2.88. The maximum absolute atomic E-state index is 10.9. The number of hydrogen-bond donors (Lipinski definition) is 0. The van der Waals surface area contributed by atoms with Crippen LogP contribution in [0.2, 0.25) is 0 Å². The van der Waals surface area contributed by atoms with E-state index in [1.165, 1.54) is 43.5 Å². The quantitative estimate of drug-likeness (QED) is 0.286. The smallest absolute Gasteiger partial charge is 0.744 e. The van der Waals surface area contributed by atoms with Gasteiger partial charge in [-0.15, -0.1) is 0 Å². The summed E-state index contributed by atoms with van der Waals surface area (Å²) in [5, 5.41) is 8.08. The first-order valence-corrected chi connectivity index (χ1v) is 9.60. The van der Waals surface area contributed by atoms with Crippen LogP contribution in [0.1, 0.15) is 32.6 Å². The minimum atomic E-state index is -4.44. The van der Waals surface area contributed by atoms with E-state index in [0.29, 0.717) is 18.0 Å². The summed E-state index contributed by atoms with van der Waals surface area (Å²) < 4.78 is 38.2. The SMILES string of the molecule is CCCCCCOc1ccc(N=Nc2ccc(S(=O)(=O)[O-])cc2)cc1.[Na+]. The fourth-order valence-corrected chi connectivity index (χ4v) is 2.59. The maximum Gasteiger partial charge on any atom is 1.00 e. The van der Waals surface area contributed by atoms with Crippen LogP contribution in [0.15, 0.2) is 63.7 Å². The first-order chi connectivity index (χ1) is 12.0. The molecule has 134 valence electrons. The number of rotatable bonds is 9. The predicted octanol–water partition coefficient (Wildman–Crippen LogP) is 1.97. The van der Waals surface area contributed by atoms with E-state index in [0.717, 1.165) is 12.2 Å². The summed E-state index contributed by atoms with van der Waals surface area (Å²) in [5.41, 5.74) is 1.11. The standard InChI is InChI=1S/C18H22N2O4S.Na/c1-2-3-4-5-14-24-17-10-6-15(7-11-17)19-20-16-8-12-18(13-9-16)25(21,22)23;/h6-13H,2-5,14H2,1H3,(H,21,22,23);/q;+1/p-1. The van der Waals surface area contributed by atoms with Crippen LogP contribution in [-0.2, 0) is 10.1 Å². The van der Waals surface area contributed by atoms with Crippen LogP contribution in [0.25, 0.3) is 0 Å². The molecule has 0 amide bonds. The van der Waals surface area contributed by atoms with E-state index in [1.807, 2.05) is 12.1 Å². The molecule has 26 heavy (non-hydrogen) atoms. The van der Waals surface area contributed by atoms with Crippen LogP contribution >= 0.6 is 0 Å². The zero-order chi connectivity index (χ0) is 18.1. The van der Waals surface area contributed by atoms with Gasteiger partial charge in [0.05, 0.1) is 22.9 Å². The van der Waals surface area contributed by atoms with Crippen molar-refractivity contribution in [3.05, 3.63) is 48.5 Å². The Morgan fingerprint density at radius 2 is 1.42 bits per heavy atom. The molecule has 0 fully saturated rings. The molecule has 0 aliphatic heterocycles. The molecule has 0 aromatic heterocycles. The first kappa shape index (κ1) is 22.8. The van der Waals surface area contributed by atoms with Crippen molar-refractivity contribution in [1.29, 1.82) is 0 Å². The zero-order valence-corrected chi connectivity index (χ0v) is 17.9. The fraction of sp³-hybridized carbons (Fsp3) is 0.333. The van der Waals surface area contributed by atoms with Crippen LogP contribution in [0.4, 0.5) is 11.4 Å². The van der Waals surface area contributed by atoms with Gasteiger partial charge in [0, 0.05) is 0 Å². The Labute approximate surface area is 176 Å². The number of ether oxygens (including phenoxy) is 1. The Hall–Kier alpha value is -1.25. The molecule has 0 N–H and O–H groups in total. The van der Waals surface area contributed by atoms with Crippen molar-refractivity contribution < 1.29 is 47.3 Å². The number of nitrogens with zero attached hydrogens (tertiary/aromatic N) is 2. The summed E-state index contributed by atoms with van der Waals surface area (Å²) in [6.07, 6.45) is 4.65. The predicted molar refractivity (Wildman–Crippen MR) is 94.7 cm³/mol. The molecule has 0 unspecified atom stereocenters. The van der Waals surface area contributed by atoms with Crippen LogP contribution < -0.4 is 34.3 Å². The molecule has 0 aliphatic rings. The maximum atomic E-state index is 10.9. The Bertz CT molecular complexity index is 791. The monoisotopic (exact) mass is 384 g/mol. The molecule has 0 atom stereocenters. The molecule has 0 radical (unpaired) electrons. The third-order valence-corrected chi connectivity index (χ3v) is 4.36. The Kier molecular flexibility index (Phi) is 10.0. The van der Waals surface area contributed by atoms with Crippen molar-refractivity contribution in [3.8, 4) is 5.75 Å². The molecule has 6 nitrogen and oxygen atoms in total. The van der Waals surface area contributed by atoms with Crippen LogP contribution in [0.3, 0.4) is 0 Å². The van der Waals surface area contributed by atoms with Crippen molar-refractivity contribution in [1.82, 2.24) is 0 Å². The van der Waals surface area contributed by atoms with Gasteiger partial charge in [-0.25, -0.2) is 8.42 Å². The third kappa shape index (κ3) is 7.97. The molecule has 0 bridgehead atoms. The number of hydrogen-bond acceptors (Lipinski definition) is 6. The Balaban J connectivity index is 0.00000338. The first-order valence-electron chi connectivity index (χ1n) is 8.19. The van der Waals surface area contributed by atoms with Gasteiger partial charge in [-0.1, -0.05) is 26.2 Å². The Morgan fingerprint density at radius 3 is 1.92 bits per heavy atom. The van der Waals surface area contributed by atoms with Gasteiger partial charge in [-0.05, 0) is 55.0 Å². The van der Waals surface area contributed by atoms with Gasteiger partial charge in [0.15, 0.2) is 0 Å². The number of unbranched alkanes of at least 4 members (excludes halogenated alkanes) is 3. The van der Waals surface area contributed by atoms with Gasteiger partial charge >= 0.3 is 29.6 Å². The fourth-order valence-electron chi connectivity index (χ4n) is 2.12. The van der Waals surface area contributed by atoms with E-state index in [-0.39, 0.29) is 34.5 Å². The van der Waals surface area contributed by atoms with Crippen molar-refractivity contribution in [3.63, 3.8) is 0 Å². The second-order valence-corrected chi connectivity index (χ2v) is 6.93. The molecule has 0 saturated carbocycles. The second kappa shape index (κ2) is 11.5. The summed E-state index contributed by atoms with van der Waals surface area (Å²) in [6, 6.07) is 12.5. The molecule has 2 aromatic rings. The van der Waals surface area contributed by atoms with Gasteiger partial charge in [-0.3, -0.25) is 0 Å². The van der Waals surface area contributed by atoms with Gasteiger partial charge in [0.1, 0.15) is 15.9 Å². The molecule has 2 aromatic carbocycles. The van der Waals surface area contributed by atoms with E-state index in [1.54, 1.807) is 12.1 Å². The molecule has 8 heteroatoms. The van der Waals surface area contributed by atoms with E-state index in [4.69, 9.17) is 4.74 Å². The molecule has 0 aliphatic carbocycles. The van der Waals surface area contributed by atoms with Gasteiger partial charge in [0.2, 0.25) is 0 Å². The molecular weight excluding hydrogens is 363 g/mol. The molecule has 0 spiro atoms. The topological polar surface area (TPSA) is 91.2 Å². The minimum Gasteiger partial charge on any atom is -0.744 e. The van der Waals surface area contributed by atoms with Crippen molar-refractivity contribution in [2.45, 2.75) is 37.5 Å². The van der Waals surface area contributed by atoms with Crippen LogP contribution in [0.5, 0.6) is 5.75 Å². The summed E-state index contributed by atoms with van der Waals surface area (Å²) in [4.78, 5) is -0.285. The average molecular weight is 384 g/mol. The third-order valence-electron chi connectivity index (χ3n) is 3.51. The van der Waals surface area contributed by atoms with Crippen molar-refractivity contribution in [2.75, 3.05) is 6.61 Å². The summed E-state index contributed by atoms with van der Waals surface area (Å²) in [5.74, 6) is 0.792. The van der Waals surface area contributed by atoms with Gasteiger partial charge < -0.3 is 9.29 Å². The van der Waals surface area contributed by atoms with Gasteiger partial charge in [-0.2, -0.15) is 10.2 Å². The van der Waals surface area contributed by atoms with E-state index in [9.17, 15) is 13.0 Å². The van der Waals surface area contributed by atoms with Crippen molar-refractivity contribution >= 4 is 21.5 Å². The number of azo groups is 1. The largest absolute Gasteiger partial charge is 1.00 e.